The first-order valence-electron chi connectivity index (χ1n) is 7.30. The molecule has 1 aliphatic rings. The van der Waals surface area contributed by atoms with Crippen LogP contribution in [-0.4, -0.2) is 73.3 Å². The van der Waals surface area contributed by atoms with Crippen molar-refractivity contribution in [2.24, 2.45) is 0 Å². The Morgan fingerprint density at radius 3 is 2.57 bits per heavy atom. The van der Waals surface area contributed by atoms with Crippen LogP contribution in [0.1, 0.15) is 6.92 Å². The van der Waals surface area contributed by atoms with Gasteiger partial charge in [-0.1, -0.05) is 6.92 Å². The minimum atomic E-state index is -0.264. The fraction of sp³-hybridized carbons (Fsp3) is 0.643. The molecule has 2 rings (SSSR count). The molecular weight excluding hydrogens is 270 g/mol. The van der Waals surface area contributed by atoms with Gasteiger partial charge in [-0.15, -0.1) is 0 Å². The Hall–Kier alpha value is -1.73. The van der Waals surface area contributed by atoms with Crippen LogP contribution in [0.2, 0.25) is 0 Å². The van der Waals surface area contributed by atoms with Crippen LogP contribution >= 0.6 is 0 Å². The molecule has 1 aliphatic heterocycles. The number of carbonyl (C=O) groups excluding carboxylic acids is 1. The average Bonchev–Trinajstić information content (AvgIpc) is 2.55. The zero-order valence-corrected chi connectivity index (χ0v) is 12.7. The summed E-state index contributed by atoms with van der Waals surface area (Å²) in [6.07, 6.45) is 3.51. The Morgan fingerprint density at radius 1 is 1.33 bits per heavy atom. The number of rotatable bonds is 6. The van der Waals surface area contributed by atoms with E-state index in [0.29, 0.717) is 6.54 Å². The molecule has 0 amide bonds. The van der Waals surface area contributed by atoms with E-state index in [9.17, 15) is 4.79 Å². The molecule has 0 aliphatic carbocycles. The summed E-state index contributed by atoms with van der Waals surface area (Å²) in [5.74, 6) is 0.569. The molecule has 0 spiro atoms. The third kappa shape index (κ3) is 4.37. The maximum atomic E-state index is 11.7. The normalized spacial score (nSPS) is 17.5. The van der Waals surface area contributed by atoms with E-state index in [1.807, 2.05) is 13.0 Å². The van der Waals surface area contributed by atoms with E-state index in [0.717, 1.165) is 38.7 Å². The molecule has 1 saturated heterocycles. The summed E-state index contributed by atoms with van der Waals surface area (Å²) in [5.41, 5.74) is 0. The lowest BCUT2D eigenvalue weighted by atomic mass is 10.2. The van der Waals surface area contributed by atoms with Gasteiger partial charge in [0, 0.05) is 45.1 Å². The van der Waals surface area contributed by atoms with Gasteiger partial charge in [-0.3, -0.25) is 9.69 Å². The molecule has 1 atom stereocenters. The van der Waals surface area contributed by atoms with E-state index in [4.69, 9.17) is 4.74 Å². The van der Waals surface area contributed by atoms with E-state index in [1.165, 1.54) is 7.11 Å². The molecule has 1 N–H and O–H groups in total. The Labute approximate surface area is 125 Å². The number of likely N-dealkylation sites (N-methyl/N-ethyl adjacent to an activating group) is 1. The number of carbonyl (C=O) groups is 1. The molecule has 116 valence electrons. The van der Waals surface area contributed by atoms with Gasteiger partial charge in [-0.2, -0.15) is 0 Å². The highest BCUT2D eigenvalue weighted by Gasteiger charge is 2.25. The van der Waals surface area contributed by atoms with E-state index < -0.39 is 0 Å². The highest BCUT2D eigenvalue weighted by Crippen LogP contribution is 2.10. The van der Waals surface area contributed by atoms with E-state index in [1.54, 1.807) is 12.4 Å². The Balaban J connectivity index is 1.84. The van der Waals surface area contributed by atoms with Crippen LogP contribution < -0.4 is 10.2 Å². The summed E-state index contributed by atoms with van der Waals surface area (Å²) in [6.45, 7) is 6.91. The number of esters is 1. The minimum Gasteiger partial charge on any atom is -0.468 e. The first kappa shape index (κ1) is 15.7. The predicted octanol–water partition coefficient (Wildman–Crippen LogP) is -0.250. The Kier molecular flexibility index (Phi) is 5.89. The molecule has 0 bridgehead atoms. The number of nitrogens with one attached hydrogen (secondary N) is 1. The molecule has 2 heterocycles. The molecule has 0 saturated carbocycles. The quantitative estimate of drug-likeness (QED) is 0.725. The lowest BCUT2D eigenvalue weighted by molar-refractivity contribution is -0.143. The molecule has 1 aromatic heterocycles. The van der Waals surface area contributed by atoms with Crippen LogP contribution in [0.5, 0.6) is 0 Å². The summed E-state index contributed by atoms with van der Waals surface area (Å²) in [7, 11) is 1.43. The maximum Gasteiger partial charge on any atom is 0.324 e. The summed E-state index contributed by atoms with van der Waals surface area (Å²) >= 11 is 0. The van der Waals surface area contributed by atoms with Crippen LogP contribution in [-0.2, 0) is 9.53 Å². The van der Waals surface area contributed by atoms with Crippen LogP contribution in [0.25, 0.3) is 0 Å². The molecular formula is C14H23N5O2. The number of hydrogen-bond acceptors (Lipinski definition) is 7. The highest BCUT2D eigenvalue weighted by atomic mass is 16.5. The fourth-order valence-electron chi connectivity index (χ4n) is 2.45. The zero-order chi connectivity index (χ0) is 15.1. The summed E-state index contributed by atoms with van der Waals surface area (Å²) < 4.78 is 4.84. The third-order valence-electron chi connectivity index (χ3n) is 3.58. The summed E-state index contributed by atoms with van der Waals surface area (Å²) in [4.78, 5) is 24.7. The van der Waals surface area contributed by atoms with Crippen molar-refractivity contribution >= 4 is 11.9 Å². The lowest BCUT2D eigenvalue weighted by Gasteiger charge is -2.35. The van der Waals surface area contributed by atoms with Gasteiger partial charge in [-0.05, 0) is 12.6 Å². The molecule has 7 heteroatoms. The van der Waals surface area contributed by atoms with Crippen molar-refractivity contribution in [2.45, 2.75) is 13.0 Å². The second kappa shape index (κ2) is 7.90. The van der Waals surface area contributed by atoms with Crippen LogP contribution in [0.4, 0.5) is 5.95 Å². The van der Waals surface area contributed by atoms with Gasteiger partial charge in [0.2, 0.25) is 5.95 Å². The molecule has 7 nitrogen and oxygen atoms in total. The van der Waals surface area contributed by atoms with Gasteiger partial charge in [0.15, 0.2) is 0 Å². The van der Waals surface area contributed by atoms with Gasteiger partial charge in [-0.25, -0.2) is 9.97 Å². The molecule has 21 heavy (non-hydrogen) atoms. The number of aromatic nitrogens is 2. The molecule has 1 aromatic rings. The van der Waals surface area contributed by atoms with E-state index in [-0.39, 0.29) is 12.0 Å². The number of hydrogen-bond donors (Lipinski definition) is 1. The van der Waals surface area contributed by atoms with Gasteiger partial charge in [0.05, 0.1) is 7.11 Å². The number of methoxy groups -OCH3 is 1. The smallest absolute Gasteiger partial charge is 0.324 e. The number of ether oxygens (including phenoxy) is 1. The Morgan fingerprint density at radius 2 is 2.00 bits per heavy atom. The van der Waals surface area contributed by atoms with Crippen LogP contribution in [0.3, 0.4) is 0 Å². The third-order valence-corrected chi connectivity index (χ3v) is 3.58. The average molecular weight is 293 g/mol. The largest absolute Gasteiger partial charge is 0.468 e. The minimum absolute atomic E-state index is 0.203. The monoisotopic (exact) mass is 293 g/mol. The SMILES string of the molecule is CCNC(CN1CCN(c2ncccn2)CC1)C(=O)OC. The first-order chi connectivity index (χ1) is 10.2. The summed E-state index contributed by atoms with van der Waals surface area (Å²) in [6, 6.07) is 1.55. The second-order valence-corrected chi connectivity index (χ2v) is 4.97. The Bertz CT molecular complexity index is 434. The van der Waals surface area contributed by atoms with Crippen molar-refractivity contribution in [1.82, 2.24) is 20.2 Å². The van der Waals surface area contributed by atoms with Crippen molar-refractivity contribution < 1.29 is 9.53 Å². The first-order valence-corrected chi connectivity index (χ1v) is 7.30. The fourth-order valence-corrected chi connectivity index (χ4v) is 2.45. The topological polar surface area (TPSA) is 70.6 Å². The van der Waals surface area contributed by atoms with Crippen molar-refractivity contribution in [3.05, 3.63) is 18.5 Å². The maximum absolute atomic E-state index is 11.7. The van der Waals surface area contributed by atoms with Gasteiger partial charge in [0.25, 0.3) is 0 Å². The van der Waals surface area contributed by atoms with Crippen molar-refractivity contribution in [3.8, 4) is 0 Å². The standard InChI is InChI=1S/C14H23N5O2/c1-3-15-12(13(20)21-2)11-18-7-9-19(10-8-18)14-16-5-4-6-17-14/h4-6,12,15H,3,7-11H2,1-2H3. The van der Waals surface area contributed by atoms with Crippen molar-refractivity contribution in [2.75, 3.05) is 51.3 Å². The van der Waals surface area contributed by atoms with Gasteiger partial charge >= 0.3 is 5.97 Å². The van der Waals surface area contributed by atoms with Gasteiger partial charge in [0.1, 0.15) is 6.04 Å². The predicted molar refractivity (Wildman–Crippen MR) is 80.2 cm³/mol. The van der Waals surface area contributed by atoms with E-state index in [2.05, 4.69) is 25.1 Å². The van der Waals surface area contributed by atoms with Crippen LogP contribution in [0, 0.1) is 0 Å². The van der Waals surface area contributed by atoms with Gasteiger partial charge < -0.3 is 15.0 Å². The van der Waals surface area contributed by atoms with Crippen LogP contribution in [0.15, 0.2) is 18.5 Å². The number of nitrogens with zero attached hydrogens (tertiary/aromatic N) is 4. The molecule has 0 aromatic carbocycles. The molecule has 0 radical (unpaired) electrons. The van der Waals surface area contributed by atoms with Crippen molar-refractivity contribution in [1.29, 1.82) is 0 Å². The number of piperazine rings is 1. The van der Waals surface area contributed by atoms with Crippen molar-refractivity contribution in [3.63, 3.8) is 0 Å². The summed E-state index contributed by atoms with van der Waals surface area (Å²) in [5, 5.41) is 3.17. The molecule has 1 fully saturated rings. The van der Waals surface area contributed by atoms with E-state index >= 15 is 0 Å². The highest BCUT2D eigenvalue weighted by molar-refractivity contribution is 5.75. The zero-order valence-electron chi connectivity index (χ0n) is 12.7. The number of anilines is 1. The molecule has 1 unspecified atom stereocenters. The lowest BCUT2D eigenvalue weighted by Crippen LogP contribution is -2.53. The second-order valence-electron chi connectivity index (χ2n) is 4.97.